The van der Waals surface area contributed by atoms with Crippen LogP contribution >= 0.6 is 0 Å². The van der Waals surface area contributed by atoms with Crippen LogP contribution in [0.3, 0.4) is 0 Å². The third-order valence-corrected chi connectivity index (χ3v) is 4.94. The van der Waals surface area contributed by atoms with Crippen LogP contribution in [0, 0.1) is 12.8 Å². The maximum absolute atomic E-state index is 10.4. The molecule has 2 aromatic heterocycles. The molecule has 5 heteroatoms. The standard InChI is InChI=1S/C19H22N4O/c1-13-2-3-14-4-5-17(22-16(14)12-13)23-10-6-15(7-11-23)18(24)19-20-8-9-21-19/h2-5,8-9,12,15,18,24H,6-7,10-11H2,1H3,(H,20,21). The lowest BCUT2D eigenvalue weighted by molar-refractivity contribution is 0.0856. The van der Waals surface area contributed by atoms with E-state index in [0.29, 0.717) is 5.82 Å². The number of hydrogen-bond donors (Lipinski definition) is 2. The van der Waals surface area contributed by atoms with Crippen molar-refractivity contribution in [3.63, 3.8) is 0 Å². The molecule has 3 aromatic rings. The van der Waals surface area contributed by atoms with Gasteiger partial charge in [-0.1, -0.05) is 12.1 Å². The lowest BCUT2D eigenvalue weighted by atomic mass is 9.91. The van der Waals surface area contributed by atoms with Gasteiger partial charge >= 0.3 is 0 Å². The van der Waals surface area contributed by atoms with Gasteiger partial charge in [0.05, 0.1) is 5.52 Å². The Labute approximate surface area is 141 Å². The van der Waals surface area contributed by atoms with Crippen molar-refractivity contribution in [1.29, 1.82) is 0 Å². The highest BCUT2D eigenvalue weighted by Gasteiger charge is 2.28. The average Bonchev–Trinajstić information content (AvgIpc) is 3.15. The number of imidazole rings is 1. The van der Waals surface area contributed by atoms with Crippen molar-refractivity contribution in [2.24, 2.45) is 5.92 Å². The fourth-order valence-corrected chi connectivity index (χ4v) is 3.50. The molecule has 1 unspecified atom stereocenters. The number of nitrogens with zero attached hydrogens (tertiary/aromatic N) is 3. The monoisotopic (exact) mass is 322 g/mol. The molecular weight excluding hydrogens is 300 g/mol. The molecule has 1 atom stereocenters. The van der Waals surface area contributed by atoms with Crippen LogP contribution in [0.25, 0.3) is 10.9 Å². The summed E-state index contributed by atoms with van der Waals surface area (Å²) in [5.41, 5.74) is 2.28. The number of aromatic amines is 1. The molecule has 0 saturated carbocycles. The molecule has 3 heterocycles. The second kappa shape index (κ2) is 6.24. The molecular formula is C19H22N4O. The molecule has 124 valence electrons. The van der Waals surface area contributed by atoms with E-state index in [1.54, 1.807) is 12.4 Å². The number of benzene rings is 1. The largest absolute Gasteiger partial charge is 0.385 e. The van der Waals surface area contributed by atoms with Crippen molar-refractivity contribution >= 4 is 16.7 Å². The van der Waals surface area contributed by atoms with E-state index >= 15 is 0 Å². The summed E-state index contributed by atoms with van der Waals surface area (Å²) in [5, 5.41) is 11.6. The quantitative estimate of drug-likeness (QED) is 0.777. The van der Waals surface area contributed by atoms with Crippen LogP contribution in [0.15, 0.2) is 42.7 Å². The number of aliphatic hydroxyl groups excluding tert-OH is 1. The smallest absolute Gasteiger partial charge is 0.135 e. The van der Waals surface area contributed by atoms with Crippen molar-refractivity contribution in [1.82, 2.24) is 15.0 Å². The Kier molecular flexibility index (Phi) is 3.94. The molecule has 1 aliphatic heterocycles. The first kappa shape index (κ1) is 15.1. The number of piperidine rings is 1. The Morgan fingerprint density at radius 3 is 2.75 bits per heavy atom. The van der Waals surface area contributed by atoms with Crippen LogP contribution in [0.2, 0.25) is 0 Å². The van der Waals surface area contributed by atoms with Crippen LogP contribution in [0.5, 0.6) is 0 Å². The minimum absolute atomic E-state index is 0.245. The van der Waals surface area contributed by atoms with E-state index in [-0.39, 0.29) is 5.92 Å². The summed E-state index contributed by atoms with van der Waals surface area (Å²) in [6.45, 7) is 3.91. The third kappa shape index (κ3) is 2.87. The van der Waals surface area contributed by atoms with Gasteiger partial charge in [0.2, 0.25) is 0 Å². The first-order valence-electron chi connectivity index (χ1n) is 8.50. The van der Waals surface area contributed by atoms with Gasteiger partial charge in [0.15, 0.2) is 0 Å². The van der Waals surface area contributed by atoms with E-state index in [2.05, 4.69) is 52.1 Å². The van der Waals surface area contributed by atoms with Gasteiger partial charge in [0.1, 0.15) is 17.7 Å². The minimum Gasteiger partial charge on any atom is -0.385 e. The van der Waals surface area contributed by atoms with E-state index in [1.165, 1.54) is 10.9 Å². The van der Waals surface area contributed by atoms with Gasteiger partial charge in [-0.05, 0) is 49.4 Å². The SMILES string of the molecule is Cc1ccc2ccc(N3CCC(C(O)c4ncc[nH]4)CC3)nc2c1. The summed E-state index contributed by atoms with van der Waals surface area (Å²) >= 11 is 0. The number of pyridine rings is 1. The number of rotatable bonds is 3. The molecule has 1 saturated heterocycles. The van der Waals surface area contributed by atoms with E-state index < -0.39 is 6.10 Å². The summed E-state index contributed by atoms with van der Waals surface area (Å²) < 4.78 is 0. The van der Waals surface area contributed by atoms with E-state index in [1.807, 2.05) is 0 Å². The van der Waals surface area contributed by atoms with Crippen molar-refractivity contribution in [2.45, 2.75) is 25.9 Å². The van der Waals surface area contributed by atoms with Gasteiger partial charge in [0.25, 0.3) is 0 Å². The van der Waals surface area contributed by atoms with Crippen molar-refractivity contribution in [3.8, 4) is 0 Å². The van der Waals surface area contributed by atoms with Gasteiger partial charge in [-0.3, -0.25) is 0 Å². The van der Waals surface area contributed by atoms with E-state index in [0.717, 1.165) is 37.3 Å². The highest BCUT2D eigenvalue weighted by molar-refractivity contribution is 5.81. The minimum atomic E-state index is -0.505. The Hall–Kier alpha value is -2.40. The maximum atomic E-state index is 10.4. The molecule has 1 fully saturated rings. The molecule has 5 nitrogen and oxygen atoms in total. The predicted octanol–water partition coefficient (Wildman–Crippen LogP) is 3.22. The van der Waals surface area contributed by atoms with E-state index in [4.69, 9.17) is 4.98 Å². The molecule has 2 N–H and O–H groups in total. The van der Waals surface area contributed by atoms with Gasteiger partial charge in [0, 0.05) is 30.9 Å². The fraction of sp³-hybridized carbons (Fsp3) is 0.368. The Bertz CT molecular complexity index is 823. The maximum Gasteiger partial charge on any atom is 0.135 e. The van der Waals surface area contributed by atoms with Gasteiger partial charge in [-0.2, -0.15) is 0 Å². The predicted molar refractivity (Wildman–Crippen MR) is 95.0 cm³/mol. The summed E-state index contributed by atoms with van der Waals surface area (Å²) in [6, 6.07) is 10.6. The normalized spacial score (nSPS) is 17.3. The first-order valence-corrected chi connectivity index (χ1v) is 8.50. The average molecular weight is 322 g/mol. The van der Waals surface area contributed by atoms with Gasteiger partial charge < -0.3 is 15.0 Å². The van der Waals surface area contributed by atoms with Crippen molar-refractivity contribution < 1.29 is 5.11 Å². The summed E-state index contributed by atoms with van der Waals surface area (Å²) in [4.78, 5) is 14.3. The summed E-state index contributed by atoms with van der Waals surface area (Å²) in [6.07, 6.45) is 4.82. The number of aromatic nitrogens is 3. The van der Waals surface area contributed by atoms with Crippen LogP contribution in [0.4, 0.5) is 5.82 Å². The topological polar surface area (TPSA) is 65.0 Å². The lowest BCUT2D eigenvalue weighted by Crippen LogP contribution is -2.36. The first-order chi connectivity index (χ1) is 11.7. The second-order valence-electron chi connectivity index (χ2n) is 6.61. The second-order valence-corrected chi connectivity index (χ2v) is 6.61. The highest BCUT2D eigenvalue weighted by Crippen LogP contribution is 2.31. The number of hydrogen-bond acceptors (Lipinski definition) is 4. The number of H-pyrrole nitrogens is 1. The molecule has 0 aliphatic carbocycles. The van der Waals surface area contributed by atoms with Crippen LogP contribution < -0.4 is 4.90 Å². The zero-order valence-electron chi connectivity index (χ0n) is 13.8. The fourth-order valence-electron chi connectivity index (χ4n) is 3.50. The van der Waals surface area contributed by atoms with Crippen molar-refractivity contribution in [3.05, 3.63) is 54.1 Å². The number of nitrogens with one attached hydrogen (secondary N) is 1. The van der Waals surface area contributed by atoms with E-state index in [9.17, 15) is 5.11 Å². The molecule has 0 spiro atoms. The number of aryl methyl sites for hydroxylation is 1. The summed E-state index contributed by atoms with van der Waals surface area (Å²) in [7, 11) is 0. The molecule has 0 amide bonds. The highest BCUT2D eigenvalue weighted by atomic mass is 16.3. The van der Waals surface area contributed by atoms with Crippen LogP contribution in [-0.2, 0) is 0 Å². The zero-order valence-corrected chi connectivity index (χ0v) is 13.8. The molecule has 0 radical (unpaired) electrons. The summed E-state index contributed by atoms with van der Waals surface area (Å²) in [5.74, 6) is 1.95. The molecule has 24 heavy (non-hydrogen) atoms. The lowest BCUT2D eigenvalue weighted by Gasteiger charge is -2.34. The van der Waals surface area contributed by atoms with Crippen LogP contribution in [-0.4, -0.2) is 33.1 Å². The Morgan fingerprint density at radius 1 is 1.21 bits per heavy atom. The van der Waals surface area contributed by atoms with Gasteiger partial charge in [-0.15, -0.1) is 0 Å². The Balaban J connectivity index is 1.47. The molecule has 1 aromatic carbocycles. The molecule has 0 bridgehead atoms. The van der Waals surface area contributed by atoms with Crippen molar-refractivity contribution in [2.75, 3.05) is 18.0 Å². The zero-order chi connectivity index (χ0) is 16.5. The molecule has 4 rings (SSSR count). The number of fused-ring (bicyclic) bond motifs is 1. The number of aliphatic hydroxyl groups is 1. The Morgan fingerprint density at radius 2 is 2.00 bits per heavy atom. The van der Waals surface area contributed by atoms with Crippen LogP contribution in [0.1, 0.15) is 30.3 Å². The number of anilines is 1. The molecule has 1 aliphatic rings. The van der Waals surface area contributed by atoms with Gasteiger partial charge in [-0.25, -0.2) is 9.97 Å². The third-order valence-electron chi connectivity index (χ3n) is 4.94.